The van der Waals surface area contributed by atoms with Gasteiger partial charge in [0, 0.05) is 33.6 Å². The Morgan fingerprint density at radius 2 is 2.04 bits per heavy atom. The van der Waals surface area contributed by atoms with Crippen molar-refractivity contribution in [1.29, 1.82) is 0 Å². The van der Waals surface area contributed by atoms with E-state index in [9.17, 15) is 4.39 Å². The van der Waals surface area contributed by atoms with Crippen molar-refractivity contribution >= 4 is 22.9 Å². The first-order valence-corrected chi connectivity index (χ1v) is 9.89. The number of methoxy groups -OCH3 is 1. The summed E-state index contributed by atoms with van der Waals surface area (Å²) in [5.74, 6) is 0.546. The van der Waals surface area contributed by atoms with E-state index in [1.165, 1.54) is 6.08 Å². The zero-order valence-corrected chi connectivity index (χ0v) is 17.5. The summed E-state index contributed by atoms with van der Waals surface area (Å²) in [4.78, 5) is 1.15. The lowest BCUT2D eigenvalue weighted by molar-refractivity contribution is 0.415. The van der Waals surface area contributed by atoms with Gasteiger partial charge in [0.05, 0.1) is 13.7 Å². The van der Waals surface area contributed by atoms with Crippen molar-refractivity contribution in [2.24, 2.45) is 5.73 Å². The Balaban J connectivity index is 2.21. The second kappa shape index (κ2) is 8.82. The summed E-state index contributed by atoms with van der Waals surface area (Å²) in [6.07, 6.45) is 1.42. The second-order valence-corrected chi connectivity index (χ2v) is 8.13. The third-order valence-corrected chi connectivity index (χ3v) is 5.42. The van der Waals surface area contributed by atoms with Gasteiger partial charge in [0.1, 0.15) is 11.6 Å². The number of nitrogens with zero attached hydrogens (tertiary/aromatic N) is 2. The number of allylic oxidation sites excluding steroid dienone is 1. The van der Waals surface area contributed by atoms with Crippen LogP contribution in [0.5, 0.6) is 5.75 Å². The summed E-state index contributed by atoms with van der Waals surface area (Å²) in [5, 5.41) is 1.05. The van der Waals surface area contributed by atoms with Gasteiger partial charge in [0.25, 0.3) is 0 Å². The number of halogens is 1. The van der Waals surface area contributed by atoms with Crippen LogP contribution in [0.2, 0.25) is 0 Å². The van der Waals surface area contributed by atoms with Gasteiger partial charge in [-0.1, -0.05) is 12.1 Å². The van der Waals surface area contributed by atoms with E-state index in [0.717, 1.165) is 38.4 Å². The SMILES string of the molecule is COc1ccc2c(c1)c(-c1cccc(SN(C)C)c1)c(C)n2C/C(F)=C/CN. The Labute approximate surface area is 169 Å². The Bertz CT molecular complexity index is 1010. The molecule has 2 N–H and O–H groups in total. The predicted molar refractivity (Wildman–Crippen MR) is 116 cm³/mol. The molecule has 0 aliphatic carbocycles. The molecule has 28 heavy (non-hydrogen) atoms. The third-order valence-electron chi connectivity index (χ3n) is 4.59. The molecule has 1 heterocycles. The molecular weight excluding hydrogens is 373 g/mol. The molecule has 0 aliphatic heterocycles. The standard InChI is InChI=1S/C22H26FN3OS/c1-15-22(16-6-5-7-19(12-16)28-25(2)3)20-13-18(27-4)8-9-21(20)26(15)14-17(23)10-11-24/h5-10,12-13H,11,14,24H2,1-4H3/b17-10-. The van der Waals surface area contributed by atoms with Gasteiger partial charge in [0.15, 0.2) is 0 Å². The molecule has 0 radical (unpaired) electrons. The Kier molecular flexibility index (Phi) is 6.44. The molecule has 0 fully saturated rings. The van der Waals surface area contributed by atoms with Crippen LogP contribution in [0.3, 0.4) is 0 Å². The molecule has 0 atom stereocenters. The molecule has 0 aliphatic rings. The van der Waals surface area contributed by atoms with E-state index in [0.29, 0.717) is 0 Å². The zero-order chi connectivity index (χ0) is 20.3. The molecule has 0 amide bonds. The summed E-state index contributed by atoms with van der Waals surface area (Å²) >= 11 is 1.67. The number of rotatable bonds is 7. The topological polar surface area (TPSA) is 43.4 Å². The summed E-state index contributed by atoms with van der Waals surface area (Å²) < 4.78 is 23.8. The minimum absolute atomic E-state index is 0.165. The highest BCUT2D eigenvalue weighted by atomic mass is 32.2. The van der Waals surface area contributed by atoms with Gasteiger partial charge < -0.3 is 15.0 Å². The minimum atomic E-state index is -0.234. The Morgan fingerprint density at radius 3 is 2.71 bits per heavy atom. The number of aromatic nitrogens is 1. The van der Waals surface area contributed by atoms with Gasteiger partial charge in [-0.3, -0.25) is 4.31 Å². The van der Waals surface area contributed by atoms with E-state index >= 15 is 0 Å². The van der Waals surface area contributed by atoms with Crippen molar-refractivity contribution in [3.63, 3.8) is 0 Å². The molecule has 3 aromatic rings. The van der Waals surface area contributed by atoms with Crippen molar-refractivity contribution in [2.75, 3.05) is 27.7 Å². The summed E-state index contributed by atoms with van der Waals surface area (Å²) in [7, 11) is 5.69. The van der Waals surface area contributed by atoms with Crippen LogP contribution >= 0.6 is 11.9 Å². The fraction of sp³-hybridized carbons (Fsp3) is 0.273. The quantitative estimate of drug-likeness (QED) is 0.568. The van der Waals surface area contributed by atoms with Gasteiger partial charge in [-0.25, -0.2) is 4.39 Å². The molecule has 1 aromatic heterocycles. The average molecular weight is 400 g/mol. The summed E-state index contributed by atoms with van der Waals surface area (Å²) in [5.41, 5.74) is 9.65. The first kappa shape index (κ1) is 20.5. The molecule has 6 heteroatoms. The highest BCUT2D eigenvalue weighted by Crippen LogP contribution is 2.38. The van der Waals surface area contributed by atoms with E-state index in [1.807, 2.05) is 43.8 Å². The summed E-state index contributed by atoms with van der Waals surface area (Å²) in [6.45, 7) is 2.38. The number of hydrogen-bond acceptors (Lipinski definition) is 4. The molecule has 3 rings (SSSR count). The van der Waals surface area contributed by atoms with Crippen LogP contribution in [0.4, 0.5) is 4.39 Å². The number of fused-ring (bicyclic) bond motifs is 1. The van der Waals surface area contributed by atoms with Crippen LogP contribution in [-0.4, -0.2) is 36.6 Å². The second-order valence-electron chi connectivity index (χ2n) is 6.75. The lowest BCUT2D eigenvalue weighted by Gasteiger charge is -2.11. The third kappa shape index (κ3) is 4.24. The maximum Gasteiger partial charge on any atom is 0.119 e. The van der Waals surface area contributed by atoms with E-state index < -0.39 is 0 Å². The Hall–Kier alpha value is -2.28. The largest absolute Gasteiger partial charge is 0.497 e. The number of ether oxygens (including phenoxy) is 1. The first-order chi connectivity index (χ1) is 13.4. The van der Waals surface area contributed by atoms with Crippen LogP contribution in [0.15, 0.2) is 59.3 Å². The Morgan fingerprint density at radius 1 is 1.25 bits per heavy atom. The molecule has 2 aromatic carbocycles. The van der Waals surface area contributed by atoms with Crippen LogP contribution < -0.4 is 10.5 Å². The predicted octanol–water partition coefficient (Wildman–Crippen LogP) is 5.01. The molecule has 0 saturated carbocycles. The number of benzene rings is 2. The van der Waals surface area contributed by atoms with Gasteiger partial charge in [-0.05, 0) is 74.9 Å². The minimum Gasteiger partial charge on any atom is -0.497 e. The lowest BCUT2D eigenvalue weighted by Crippen LogP contribution is -2.03. The monoisotopic (exact) mass is 399 g/mol. The number of hydrogen-bond donors (Lipinski definition) is 1. The van der Waals surface area contributed by atoms with Crippen LogP contribution in [0.25, 0.3) is 22.0 Å². The maximum absolute atomic E-state index is 14.3. The molecule has 0 unspecified atom stereocenters. The zero-order valence-electron chi connectivity index (χ0n) is 16.7. The van der Waals surface area contributed by atoms with Crippen LogP contribution in [-0.2, 0) is 6.54 Å². The van der Waals surface area contributed by atoms with Crippen molar-refractivity contribution in [2.45, 2.75) is 18.4 Å². The van der Waals surface area contributed by atoms with E-state index in [4.69, 9.17) is 10.5 Å². The van der Waals surface area contributed by atoms with Crippen LogP contribution in [0, 0.1) is 6.92 Å². The highest BCUT2D eigenvalue weighted by molar-refractivity contribution is 7.97. The van der Waals surface area contributed by atoms with Gasteiger partial charge >= 0.3 is 0 Å². The average Bonchev–Trinajstić information content (AvgIpc) is 2.92. The van der Waals surface area contributed by atoms with Crippen LogP contribution in [0.1, 0.15) is 5.69 Å². The number of nitrogens with two attached hydrogens (primary N) is 1. The fourth-order valence-electron chi connectivity index (χ4n) is 3.42. The molecule has 0 bridgehead atoms. The molecular formula is C22H26FN3OS. The van der Waals surface area contributed by atoms with Gasteiger partial charge in [-0.2, -0.15) is 0 Å². The van der Waals surface area contributed by atoms with Crippen molar-refractivity contribution in [1.82, 2.24) is 8.87 Å². The lowest BCUT2D eigenvalue weighted by atomic mass is 10.0. The van der Waals surface area contributed by atoms with E-state index in [2.05, 4.69) is 28.6 Å². The fourth-order valence-corrected chi connectivity index (χ4v) is 4.16. The van der Waals surface area contributed by atoms with Crippen molar-refractivity contribution in [3.05, 3.63) is 60.1 Å². The summed E-state index contributed by atoms with van der Waals surface area (Å²) in [6, 6.07) is 14.3. The van der Waals surface area contributed by atoms with Crippen molar-refractivity contribution < 1.29 is 9.13 Å². The highest BCUT2D eigenvalue weighted by Gasteiger charge is 2.17. The van der Waals surface area contributed by atoms with E-state index in [1.54, 1.807) is 19.1 Å². The van der Waals surface area contributed by atoms with Gasteiger partial charge in [0.2, 0.25) is 0 Å². The maximum atomic E-state index is 14.3. The molecule has 148 valence electrons. The van der Waals surface area contributed by atoms with E-state index in [-0.39, 0.29) is 18.9 Å². The molecule has 0 spiro atoms. The van der Waals surface area contributed by atoms with Crippen molar-refractivity contribution in [3.8, 4) is 16.9 Å². The molecule has 4 nitrogen and oxygen atoms in total. The van der Waals surface area contributed by atoms with Gasteiger partial charge in [-0.15, -0.1) is 0 Å². The normalized spacial score (nSPS) is 12.2. The molecule has 0 saturated heterocycles. The first-order valence-electron chi connectivity index (χ1n) is 9.11. The smallest absolute Gasteiger partial charge is 0.119 e.